The van der Waals surface area contributed by atoms with E-state index >= 15 is 0 Å². The van der Waals surface area contributed by atoms with Gasteiger partial charge in [-0.3, -0.25) is 4.68 Å². The van der Waals surface area contributed by atoms with Gasteiger partial charge in [0.1, 0.15) is 17.2 Å². The molecule has 3 aromatic heterocycles. The Morgan fingerprint density at radius 1 is 1.10 bits per heavy atom. The molecule has 0 radical (unpaired) electrons. The van der Waals surface area contributed by atoms with Crippen molar-refractivity contribution in [3.63, 3.8) is 0 Å². The van der Waals surface area contributed by atoms with Gasteiger partial charge in [-0.15, -0.1) is 0 Å². The topological polar surface area (TPSA) is 91.7 Å². The van der Waals surface area contributed by atoms with Gasteiger partial charge in [0.25, 0.3) is 0 Å². The Morgan fingerprint density at radius 3 is 2.43 bits per heavy atom. The first-order chi connectivity index (χ1) is 14.2. The standard InChI is InChI=1S/C21H25N7O2/c1-21(2,3)30-20(29)27-7-5-26(6-8-27)18-9-15(17-12-23-25(4)13-17)14-28-19(18)16(10-22)11-24-28/h9,11-14H,5-8H2,1-4H3. The number of ether oxygens (including phenoxy) is 1. The molecule has 1 saturated heterocycles. The molecule has 9 nitrogen and oxygen atoms in total. The van der Waals surface area contributed by atoms with E-state index in [9.17, 15) is 10.1 Å². The number of piperazine rings is 1. The van der Waals surface area contributed by atoms with E-state index in [4.69, 9.17) is 4.74 Å². The van der Waals surface area contributed by atoms with Crippen molar-refractivity contribution in [3.8, 4) is 17.2 Å². The summed E-state index contributed by atoms with van der Waals surface area (Å²) in [5.41, 5.74) is 3.65. The average Bonchev–Trinajstić information content (AvgIpc) is 3.32. The normalized spacial score (nSPS) is 14.8. The van der Waals surface area contributed by atoms with Gasteiger partial charge in [0.2, 0.25) is 0 Å². The Balaban J connectivity index is 1.64. The smallest absolute Gasteiger partial charge is 0.410 e. The Labute approximate surface area is 175 Å². The van der Waals surface area contributed by atoms with E-state index in [1.807, 2.05) is 40.2 Å². The predicted molar refractivity (Wildman–Crippen MR) is 112 cm³/mol. The molecule has 3 aromatic rings. The lowest BCUT2D eigenvalue weighted by atomic mass is 10.1. The minimum absolute atomic E-state index is 0.293. The number of carbonyl (C=O) groups is 1. The number of anilines is 1. The van der Waals surface area contributed by atoms with Crippen LogP contribution in [0.4, 0.5) is 10.5 Å². The zero-order valence-electron chi connectivity index (χ0n) is 17.7. The monoisotopic (exact) mass is 407 g/mol. The van der Waals surface area contributed by atoms with Crippen LogP contribution in [0, 0.1) is 11.3 Å². The predicted octanol–water partition coefficient (Wildman–Crippen LogP) is 2.66. The molecule has 4 heterocycles. The molecule has 0 atom stereocenters. The molecule has 4 rings (SSSR count). The summed E-state index contributed by atoms with van der Waals surface area (Å²) >= 11 is 0. The van der Waals surface area contributed by atoms with Crippen molar-refractivity contribution in [1.29, 1.82) is 5.26 Å². The van der Waals surface area contributed by atoms with Gasteiger partial charge in [0.15, 0.2) is 0 Å². The number of hydrogen-bond acceptors (Lipinski definition) is 6. The van der Waals surface area contributed by atoms with E-state index in [0.29, 0.717) is 31.7 Å². The molecule has 0 unspecified atom stereocenters. The number of fused-ring (bicyclic) bond motifs is 1. The maximum Gasteiger partial charge on any atom is 0.410 e. The molecule has 0 aromatic carbocycles. The second kappa shape index (κ2) is 7.37. The molecule has 1 amide bonds. The lowest BCUT2D eigenvalue weighted by Crippen LogP contribution is -2.50. The second-order valence-electron chi connectivity index (χ2n) is 8.43. The number of pyridine rings is 1. The summed E-state index contributed by atoms with van der Waals surface area (Å²) in [6, 6.07) is 4.30. The zero-order valence-corrected chi connectivity index (χ0v) is 17.7. The van der Waals surface area contributed by atoms with Crippen LogP contribution in [0.15, 0.2) is 30.9 Å². The zero-order chi connectivity index (χ0) is 21.5. The fourth-order valence-electron chi connectivity index (χ4n) is 3.61. The highest BCUT2D eigenvalue weighted by Crippen LogP contribution is 2.31. The highest BCUT2D eigenvalue weighted by atomic mass is 16.6. The van der Waals surface area contributed by atoms with Gasteiger partial charge >= 0.3 is 6.09 Å². The van der Waals surface area contributed by atoms with Gasteiger partial charge in [0, 0.05) is 56.7 Å². The van der Waals surface area contributed by atoms with Gasteiger partial charge in [-0.05, 0) is 26.8 Å². The number of aryl methyl sites for hydroxylation is 1. The van der Waals surface area contributed by atoms with Crippen LogP contribution in [0.5, 0.6) is 0 Å². The highest BCUT2D eigenvalue weighted by Gasteiger charge is 2.27. The van der Waals surface area contributed by atoms with Crippen LogP contribution < -0.4 is 4.90 Å². The highest BCUT2D eigenvalue weighted by molar-refractivity contribution is 5.83. The maximum absolute atomic E-state index is 12.4. The second-order valence-corrected chi connectivity index (χ2v) is 8.43. The van der Waals surface area contributed by atoms with Crippen molar-refractivity contribution in [3.05, 3.63) is 36.4 Å². The lowest BCUT2D eigenvalue weighted by molar-refractivity contribution is 0.0240. The first-order valence-electron chi connectivity index (χ1n) is 9.88. The molecule has 156 valence electrons. The maximum atomic E-state index is 12.4. The third kappa shape index (κ3) is 3.81. The van der Waals surface area contributed by atoms with Gasteiger partial charge < -0.3 is 14.5 Å². The largest absolute Gasteiger partial charge is 0.444 e. The molecule has 0 saturated carbocycles. The Morgan fingerprint density at radius 2 is 1.83 bits per heavy atom. The molecule has 0 bridgehead atoms. The Hall–Kier alpha value is -3.54. The fraction of sp³-hybridized carbons (Fsp3) is 0.429. The van der Waals surface area contributed by atoms with Crippen LogP contribution in [0.25, 0.3) is 16.6 Å². The summed E-state index contributed by atoms with van der Waals surface area (Å²) < 4.78 is 8.99. The van der Waals surface area contributed by atoms with Crippen LogP contribution in [0.3, 0.4) is 0 Å². The van der Waals surface area contributed by atoms with Crippen molar-refractivity contribution in [2.24, 2.45) is 7.05 Å². The van der Waals surface area contributed by atoms with Crippen molar-refractivity contribution < 1.29 is 9.53 Å². The van der Waals surface area contributed by atoms with Crippen LogP contribution in [0.2, 0.25) is 0 Å². The number of nitrogens with zero attached hydrogens (tertiary/aromatic N) is 7. The number of rotatable bonds is 2. The van der Waals surface area contributed by atoms with Crippen molar-refractivity contribution >= 4 is 17.3 Å². The number of hydrogen-bond donors (Lipinski definition) is 0. The first kappa shape index (κ1) is 19.8. The van der Waals surface area contributed by atoms with E-state index in [2.05, 4.69) is 27.2 Å². The summed E-state index contributed by atoms with van der Waals surface area (Å²) in [4.78, 5) is 16.3. The van der Waals surface area contributed by atoms with Crippen LogP contribution in [-0.2, 0) is 11.8 Å². The van der Waals surface area contributed by atoms with Gasteiger partial charge in [-0.1, -0.05) is 0 Å². The summed E-state index contributed by atoms with van der Waals surface area (Å²) in [5.74, 6) is 0. The molecule has 1 aliphatic heterocycles. The van der Waals surface area contributed by atoms with Crippen molar-refractivity contribution in [1.82, 2.24) is 24.3 Å². The van der Waals surface area contributed by atoms with Crippen molar-refractivity contribution in [2.75, 3.05) is 31.1 Å². The van der Waals surface area contributed by atoms with E-state index in [0.717, 1.165) is 22.3 Å². The Kier molecular flexibility index (Phi) is 4.86. The Bertz CT molecular complexity index is 1120. The SMILES string of the molecule is Cn1cc(-c2cc(N3CCN(C(=O)OC(C)(C)C)CC3)c3c(C#N)cnn3c2)cn1. The average molecular weight is 407 g/mol. The molecule has 0 N–H and O–H groups in total. The molecule has 30 heavy (non-hydrogen) atoms. The van der Waals surface area contributed by atoms with Gasteiger partial charge in [0.05, 0.1) is 23.6 Å². The minimum Gasteiger partial charge on any atom is -0.444 e. The van der Waals surface area contributed by atoms with Gasteiger partial charge in [-0.25, -0.2) is 9.31 Å². The molecule has 1 fully saturated rings. The van der Waals surface area contributed by atoms with Gasteiger partial charge in [-0.2, -0.15) is 15.5 Å². The fourth-order valence-corrected chi connectivity index (χ4v) is 3.61. The molecule has 9 heteroatoms. The molecule has 0 aliphatic carbocycles. The number of carbonyl (C=O) groups excluding carboxylic acids is 1. The summed E-state index contributed by atoms with van der Waals surface area (Å²) in [6.07, 6.45) is 6.95. The molecular weight excluding hydrogens is 382 g/mol. The quantitative estimate of drug-likeness (QED) is 0.649. The summed E-state index contributed by atoms with van der Waals surface area (Å²) in [6.45, 7) is 7.98. The third-order valence-electron chi connectivity index (χ3n) is 5.02. The molecular formula is C21H25N7O2. The first-order valence-corrected chi connectivity index (χ1v) is 9.88. The van der Waals surface area contributed by atoms with E-state index in [-0.39, 0.29) is 6.09 Å². The van der Waals surface area contributed by atoms with E-state index < -0.39 is 5.60 Å². The molecule has 1 aliphatic rings. The minimum atomic E-state index is -0.516. The van der Waals surface area contributed by atoms with Crippen LogP contribution >= 0.6 is 0 Å². The number of aromatic nitrogens is 4. The number of amides is 1. The van der Waals surface area contributed by atoms with Crippen LogP contribution in [-0.4, -0.2) is 62.2 Å². The lowest BCUT2D eigenvalue weighted by Gasteiger charge is -2.37. The summed E-state index contributed by atoms with van der Waals surface area (Å²) in [7, 11) is 1.88. The molecule has 0 spiro atoms. The number of nitriles is 1. The van der Waals surface area contributed by atoms with E-state index in [1.54, 1.807) is 26.5 Å². The van der Waals surface area contributed by atoms with Crippen LogP contribution in [0.1, 0.15) is 26.3 Å². The van der Waals surface area contributed by atoms with E-state index in [1.165, 1.54) is 0 Å². The summed E-state index contributed by atoms with van der Waals surface area (Å²) in [5, 5.41) is 18.2. The third-order valence-corrected chi connectivity index (χ3v) is 5.02. The van der Waals surface area contributed by atoms with Crippen molar-refractivity contribution in [2.45, 2.75) is 26.4 Å².